The number of carbonyl (C=O) groups excluding carboxylic acids is 1. The number of amides is 1. The third kappa shape index (κ3) is 4.77. The van der Waals surface area contributed by atoms with Crippen LogP contribution in [0.4, 0.5) is 0 Å². The first-order valence-electron chi connectivity index (χ1n) is 10.1. The molecular formula is C21H24N4O3S3. The maximum Gasteiger partial charge on any atom is 0.244 e. The van der Waals surface area contributed by atoms with Gasteiger partial charge in [-0.15, -0.1) is 11.3 Å². The number of fused-ring (bicyclic) bond motifs is 1. The molecular weight excluding hydrogens is 452 g/mol. The Labute approximate surface area is 190 Å². The van der Waals surface area contributed by atoms with E-state index in [1.54, 1.807) is 35.4 Å². The van der Waals surface area contributed by atoms with Crippen LogP contribution in [0.5, 0.6) is 0 Å². The molecule has 7 nitrogen and oxygen atoms in total. The number of rotatable bonds is 7. The molecule has 3 aromatic rings. The quantitative estimate of drug-likeness (QED) is 0.483. The van der Waals surface area contributed by atoms with E-state index in [2.05, 4.69) is 9.97 Å². The number of sulfonamides is 1. The molecule has 3 heterocycles. The molecule has 4 rings (SSSR count). The van der Waals surface area contributed by atoms with Gasteiger partial charge in [-0.25, -0.2) is 18.4 Å². The first-order valence-corrected chi connectivity index (χ1v) is 13.3. The lowest BCUT2D eigenvalue weighted by Gasteiger charge is -2.23. The second-order valence-electron chi connectivity index (χ2n) is 7.43. The molecule has 1 fully saturated rings. The summed E-state index contributed by atoms with van der Waals surface area (Å²) in [6.45, 7) is 3.09. The molecule has 1 aromatic carbocycles. The van der Waals surface area contributed by atoms with Gasteiger partial charge in [0, 0.05) is 26.3 Å². The molecule has 0 bridgehead atoms. The summed E-state index contributed by atoms with van der Waals surface area (Å²) in [7, 11) is -1.70. The fourth-order valence-corrected chi connectivity index (χ4v) is 6.66. The fraction of sp³-hybridized carbons (Fsp3) is 0.381. The normalized spacial score (nSPS) is 15.9. The summed E-state index contributed by atoms with van der Waals surface area (Å²) < 4.78 is 27.8. The van der Waals surface area contributed by atoms with Gasteiger partial charge >= 0.3 is 0 Å². The molecule has 1 aliphatic rings. The number of hydrogen-bond donors (Lipinski definition) is 0. The van der Waals surface area contributed by atoms with E-state index in [1.165, 1.54) is 22.3 Å². The van der Waals surface area contributed by atoms with Crippen LogP contribution in [0, 0.1) is 0 Å². The Balaban J connectivity index is 1.36. The lowest BCUT2D eigenvalue weighted by atomic mass is 10.3. The van der Waals surface area contributed by atoms with Gasteiger partial charge in [-0.1, -0.05) is 23.9 Å². The van der Waals surface area contributed by atoms with Crippen LogP contribution in [0.2, 0.25) is 0 Å². The van der Waals surface area contributed by atoms with E-state index in [0.717, 1.165) is 28.1 Å². The summed E-state index contributed by atoms with van der Waals surface area (Å²) in [5, 5.41) is 1.52. The van der Waals surface area contributed by atoms with Crippen molar-refractivity contribution in [1.82, 2.24) is 19.2 Å². The van der Waals surface area contributed by atoms with Gasteiger partial charge in [-0.05, 0) is 44.0 Å². The Morgan fingerprint density at radius 2 is 1.97 bits per heavy atom. The number of nitrogens with zero attached hydrogens (tertiary/aromatic N) is 4. The molecule has 164 valence electrons. The topological polar surface area (TPSA) is 83.5 Å². The van der Waals surface area contributed by atoms with Gasteiger partial charge in [0.1, 0.15) is 9.90 Å². The third-order valence-electron chi connectivity index (χ3n) is 5.40. The Bertz CT molecular complexity index is 1140. The SMILES string of the molecule is CC(c1nc2ccccc2s1)N(C)C(=O)CSc1ccc(S(=O)(=O)N2CCCC2)cn1. The Morgan fingerprint density at radius 1 is 1.23 bits per heavy atom. The first kappa shape index (κ1) is 22.2. The highest BCUT2D eigenvalue weighted by Crippen LogP contribution is 2.29. The molecule has 0 N–H and O–H groups in total. The zero-order chi connectivity index (χ0) is 22.0. The van der Waals surface area contributed by atoms with Gasteiger partial charge in [0.15, 0.2) is 0 Å². The average molecular weight is 477 g/mol. The van der Waals surface area contributed by atoms with Crippen molar-refractivity contribution >= 4 is 49.2 Å². The van der Waals surface area contributed by atoms with E-state index in [4.69, 9.17) is 0 Å². The number of benzene rings is 1. The fourth-order valence-electron chi connectivity index (χ4n) is 3.37. The van der Waals surface area contributed by atoms with E-state index < -0.39 is 10.0 Å². The third-order valence-corrected chi connectivity index (χ3v) is 9.42. The minimum atomic E-state index is -3.47. The monoisotopic (exact) mass is 476 g/mol. The van der Waals surface area contributed by atoms with Crippen LogP contribution in [-0.4, -0.2) is 59.4 Å². The maximum atomic E-state index is 12.7. The Morgan fingerprint density at radius 3 is 2.65 bits per heavy atom. The molecule has 1 amide bonds. The Kier molecular flexibility index (Phi) is 6.61. The number of aromatic nitrogens is 2. The van der Waals surface area contributed by atoms with Crippen LogP contribution in [-0.2, 0) is 14.8 Å². The van der Waals surface area contributed by atoms with E-state index in [0.29, 0.717) is 18.1 Å². The largest absolute Gasteiger partial charge is 0.336 e. The van der Waals surface area contributed by atoms with Crippen molar-refractivity contribution in [1.29, 1.82) is 0 Å². The van der Waals surface area contributed by atoms with Crippen LogP contribution in [0.25, 0.3) is 10.2 Å². The lowest BCUT2D eigenvalue weighted by molar-refractivity contribution is -0.128. The van der Waals surface area contributed by atoms with Gasteiger partial charge in [0.05, 0.1) is 27.0 Å². The highest BCUT2D eigenvalue weighted by Gasteiger charge is 2.27. The predicted molar refractivity (Wildman–Crippen MR) is 124 cm³/mol. The molecule has 1 unspecified atom stereocenters. The molecule has 10 heteroatoms. The lowest BCUT2D eigenvalue weighted by Crippen LogP contribution is -2.31. The van der Waals surface area contributed by atoms with Gasteiger partial charge < -0.3 is 4.90 Å². The summed E-state index contributed by atoms with van der Waals surface area (Å²) in [6, 6.07) is 11.0. The highest BCUT2D eigenvalue weighted by molar-refractivity contribution is 7.99. The summed E-state index contributed by atoms with van der Waals surface area (Å²) in [4.78, 5) is 23.5. The predicted octanol–water partition coefficient (Wildman–Crippen LogP) is 3.79. The molecule has 0 radical (unpaired) electrons. The van der Waals surface area contributed by atoms with Crippen molar-refractivity contribution in [3.8, 4) is 0 Å². The van der Waals surface area contributed by atoms with Crippen molar-refractivity contribution in [2.24, 2.45) is 0 Å². The van der Waals surface area contributed by atoms with Gasteiger partial charge in [0.2, 0.25) is 15.9 Å². The standard InChI is InChI=1S/C21H24N4O3S3/c1-15(21-23-17-7-3-4-8-18(17)30-21)24(2)20(26)14-29-19-10-9-16(13-22-19)31(27,28)25-11-5-6-12-25/h3-4,7-10,13,15H,5-6,11-12,14H2,1-2H3. The zero-order valence-electron chi connectivity index (χ0n) is 17.4. The first-order chi connectivity index (χ1) is 14.9. The van der Waals surface area contributed by atoms with Crippen molar-refractivity contribution in [3.63, 3.8) is 0 Å². The molecule has 0 saturated carbocycles. The molecule has 2 aromatic heterocycles. The molecule has 0 aliphatic carbocycles. The highest BCUT2D eigenvalue weighted by atomic mass is 32.2. The van der Waals surface area contributed by atoms with E-state index in [9.17, 15) is 13.2 Å². The number of carbonyl (C=O) groups is 1. The summed E-state index contributed by atoms with van der Waals surface area (Å²) >= 11 is 2.89. The molecule has 0 spiro atoms. The van der Waals surface area contributed by atoms with E-state index in [-0.39, 0.29) is 22.6 Å². The molecule has 1 aliphatic heterocycles. The molecule has 1 atom stereocenters. The van der Waals surface area contributed by atoms with Crippen molar-refractivity contribution < 1.29 is 13.2 Å². The number of pyridine rings is 1. The zero-order valence-corrected chi connectivity index (χ0v) is 19.8. The van der Waals surface area contributed by atoms with Crippen molar-refractivity contribution in [3.05, 3.63) is 47.6 Å². The van der Waals surface area contributed by atoms with Gasteiger partial charge in [0.25, 0.3) is 0 Å². The second kappa shape index (κ2) is 9.23. The van der Waals surface area contributed by atoms with E-state index >= 15 is 0 Å². The maximum absolute atomic E-state index is 12.7. The van der Waals surface area contributed by atoms with Crippen LogP contribution in [0.1, 0.15) is 30.8 Å². The number of thioether (sulfide) groups is 1. The van der Waals surface area contributed by atoms with Crippen LogP contribution < -0.4 is 0 Å². The van der Waals surface area contributed by atoms with Gasteiger partial charge in [-0.3, -0.25) is 4.79 Å². The smallest absolute Gasteiger partial charge is 0.244 e. The van der Waals surface area contributed by atoms with E-state index in [1.807, 2.05) is 31.2 Å². The van der Waals surface area contributed by atoms with Crippen molar-refractivity contribution in [2.75, 3.05) is 25.9 Å². The number of hydrogen-bond acceptors (Lipinski definition) is 7. The molecule has 1 saturated heterocycles. The van der Waals surface area contributed by atoms with Crippen LogP contribution in [0.3, 0.4) is 0 Å². The minimum Gasteiger partial charge on any atom is -0.336 e. The Hall–Kier alpha value is -2.01. The number of para-hydroxylation sites is 1. The molecule has 31 heavy (non-hydrogen) atoms. The van der Waals surface area contributed by atoms with Crippen LogP contribution in [0.15, 0.2) is 52.5 Å². The number of thiazole rings is 1. The summed E-state index contributed by atoms with van der Waals surface area (Å²) in [5.74, 6) is 0.184. The van der Waals surface area contributed by atoms with Crippen molar-refractivity contribution in [2.45, 2.75) is 35.7 Å². The average Bonchev–Trinajstić information content (AvgIpc) is 3.47. The minimum absolute atomic E-state index is 0.0349. The van der Waals surface area contributed by atoms with Crippen LogP contribution >= 0.6 is 23.1 Å². The second-order valence-corrected chi connectivity index (χ2v) is 11.4. The summed E-state index contributed by atoms with van der Waals surface area (Å²) in [5.41, 5.74) is 0.942. The van der Waals surface area contributed by atoms with Gasteiger partial charge in [-0.2, -0.15) is 4.31 Å². The summed E-state index contributed by atoms with van der Waals surface area (Å²) in [6.07, 6.45) is 3.17.